The summed E-state index contributed by atoms with van der Waals surface area (Å²) in [5, 5.41) is 6.21. The first-order chi connectivity index (χ1) is 11.2. The van der Waals surface area contributed by atoms with Crippen LogP contribution >= 0.6 is 0 Å². The monoisotopic (exact) mass is 322 g/mol. The van der Waals surface area contributed by atoms with Crippen molar-refractivity contribution >= 4 is 5.91 Å². The van der Waals surface area contributed by atoms with Crippen molar-refractivity contribution in [3.8, 4) is 0 Å². The minimum atomic E-state index is -0.165. The molecule has 0 radical (unpaired) electrons. The molecule has 2 saturated heterocycles. The first-order valence-electron chi connectivity index (χ1n) is 8.71. The van der Waals surface area contributed by atoms with Crippen molar-refractivity contribution in [2.45, 2.75) is 57.6 Å². The summed E-state index contributed by atoms with van der Waals surface area (Å²) in [6, 6.07) is 0.146. The second-order valence-corrected chi connectivity index (χ2v) is 6.63. The van der Waals surface area contributed by atoms with Gasteiger partial charge in [0.15, 0.2) is 0 Å². The first-order valence-corrected chi connectivity index (χ1v) is 8.71. The SMILES string of the molecule is CCCC1CC(C(=O)N2CCC(n3cn[nH]c3=O)CC2)CCO1. The minimum Gasteiger partial charge on any atom is -0.378 e. The number of rotatable bonds is 4. The average Bonchev–Trinajstić information content (AvgIpc) is 3.01. The van der Waals surface area contributed by atoms with Crippen LogP contribution in [0, 0.1) is 5.92 Å². The van der Waals surface area contributed by atoms with Crippen LogP contribution in [0.25, 0.3) is 0 Å². The van der Waals surface area contributed by atoms with Crippen LogP contribution in [-0.2, 0) is 9.53 Å². The molecule has 23 heavy (non-hydrogen) atoms. The van der Waals surface area contributed by atoms with Crippen molar-refractivity contribution in [3.05, 3.63) is 16.8 Å². The second kappa shape index (κ2) is 7.29. The Morgan fingerprint density at radius 2 is 2.17 bits per heavy atom. The van der Waals surface area contributed by atoms with E-state index >= 15 is 0 Å². The highest BCUT2D eigenvalue weighted by atomic mass is 16.5. The fourth-order valence-electron chi connectivity index (χ4n) is 3.77. The Morgan fingerprint density at radius 1 is 1.39 bits per heavy atom. The van der Waals surface area contributed by atoms with Gasteiger partial charge in [-0.1, -0.05) is 13.3 Å². The molecule has 0 saturated carbocycles. The van der Waals surface area contributed by atoms with Gasteiger partial charge in [0.1, 0.15) is 6.33 Å². The van der Waals surface area contributed by atoms with Crippen LogP contribution < -0.4 is 5.69 Å². The molecule has 128 valence electrons. The second-order valence-electron chi connectivity index (χ2n) is 6.63. The molecule has 0 aromatic carbocycles. The number of aromatic amines is 1. The lowest BCUT2D eigenvalue weighted by molar-refractivity contribution is -0.142. The van der Waals surface area contributed by atoms with E-state index in [2.05, 4.69) is 17.1 Å². The molecule has 0 aliphatic carbocycles. The number of carbonyl (C=O) groups excluding carboxylic acids is 1. The van der Waals surface area contributed by atoms with Crippen LogP contribution in [0.2, 0.25) is 0 Å². The molecule has 1 N–H and O–H groups in total. The number of nitrogens with zero attached hydrogens (tertiary/aromatic N) is 3. The zero-order chi connectivity index (χ0) is 16.2. The number of H-pyrrole nitrogens is 1. The molecule has 3 heterocycles. The molecular weight excluding hydrogens is 296 g/mol. The molecule has 1 amide bonds. The van der Waals surface area contributed by atoms with Crippen molar-refractivity contribution in [1.29, 1.82) is 0 Å². The van der Waals surface area contributed by atoms with Crippen LogP contribution in [0.1, 0.15) is 51.5 Å². The summed E-state index contributed by atoms with van der Waals surface area (Å²) in [6.45, 7) is 4.28. The fourth-order valence-corrected chi connectivity index (χ4v) is 3.77. The highest BCUT2D eigenvalue weighted by Crippen LogP contribution is 2.27. The Morgan fingerprint density at radius 3 is 2.83 bits per heavy atom. The number of ether oxygens (including phenoxy) is 1. The highest BCUT2D eigenvalue weighted by Gasteiger charge is 2.32. The molecule has 2 unspecified atom stereocenters. The largest absolute Gasteiger partial charge is 0.378 e. The molecule has 7 heteroatoms. The van der Waals surface area contributed by atoms with Gasteiger partial charge in [-0.2, -0.15) is 5.10 Å². The predicted octanol–water partition coefficient (Wildman–Crippen LogP) is 1.33. The summed E-state index contributed by atoms with van der Waals surface area (Å²) in [5.74, 6) is 0.376. The third kappa shape index (κ3) is 3.65. The highest BCUT2D eigenvalue weighted by molar-refractivity contribution is 5.79. The van der Waals surface area contributed by atoms with Gasteiger partial charge >= 0.3 is 5.69 Å². The minimum absolute atomic E-state index is 0.105. The number of hydrogen-bond acceptors (Lipinski definition) is 4. The number of nitrogens with one attached hydrogen (secondary N) is 1. The molecular formula is C16H26N4O3. The Bertz CT molecular complexity index is 572. The molecule has 2 atom stereocenters. The van der Waals surface area contributed by atoms with Crippen molar-refractivity contribution in [2.24, 2.45) is 5.92 Å². The van der Waals surface area contributed by atoms with E-state index in [0.717, 1.165) is 51.6 Å². The van der Waals surface area contributed by atoms with E-state index in [1.807, 2.05) is 4.90 Å². The van der Waals surface area contributed by atoms with E-state index in [0.29, 0.717) is 6.61 Å². The summed E-state index contributed by atoms with van der Waals surface area (Å²) < 4.78 is 7.39. The molecule has 2 fully saturated rings. The Balaban J connectivity index is 1.54. The predicted molar refractivity (Wildman–Crippen MR) is 85.1 cm³/mol. The molecule has 7 nitrogen and oxygen atoms in total. The molecule has 2 aliphatic rings. The lowest BCUT2D eigenvalue weighted by atomic mass is 9.91. The van der Waals surface area contributed by atoms with E-state index in [1.54, 1.807) is 10.9 Å². The Hall–Kier alpha value is -1.63. The number of aromatic nitrogens is 3. The zero-order valence-corrected chi connectivity index (χ0v) is 13.7. The molecule has 0 bridgehead atoms. The molecule has 1 aromatic rings. The fraction of sp³-hybridized carbons (Fsp3) is 0.812. The topological polar surface area (TPSA) is 80.2 Å². The van der Waals surface area contributed by atoms with Crippen LogP contribution in [0.4, 0.5) is 0 Å². The number of amides is 1. The van der Waals surface area contributed by atoms with Crippen molar-refractivity contribution in [1.82, 2.24) is 19.7 Å². The lowest BCUT2D eigenvalue weighted by Crippen LogP contribution is -2.45. The van der Waals surface area contributed by atoms with Crippen LogP contribution in [-0.4, -0.2) is 51.4 Å². The normalized spacial score (nSPS) is 26.4. The summed E-state index contributed by atoms with van der Waals surface area (Å²) >= 11 is 0. The molecule has 0 spiro atoms. The van der Waals surface area contributed by atoms with E-state index in [9.17, 15) is 9.59 Å². The van der Waals surface area contributed by atoms with Crippen molar-refractivity contribution in [3.63, 3.8) is 0 Å². The van der Waals surface area contributed by atoms with Gasteiger partial charge in [0.2, 0.25) is 5.91 Å². The third-order valence-electron chi connectivity index (χ3n) is 5.07. The average molecular weight is 322 g/mol. The van der Waals surface area contributed by atoms with Crippen LogP contribution in [0.15, 0.2) is 11.1 Å². The van der Waals surface area contributed by atoms with Gasteiger partial charge in [-0.25, -0.2) is 9.89 Å². The quantitative estimate of drug-likeness (QED) is 0.907. The number of carbonyl (C=O) groups is 1. The molecule has 3 rings (SSSR count). The van der Waals surface area contributed by atoms with Gasteiger partial charge in [0, 0.05) is 31.7 Å². The summed E-state index contributed by atoms with van der Waals surface area (Å²) in [7, 11) is 0. The smallest absolute Gasteiger partial charge is 0.343 e. The zero-order valence-electron chi connectivity index (χ0n) is 13.7. The first kappa shape index (κ1) is 16.2. The lowest BCUT2D eigenvalue weighted by Gasteiger charge is -2.36. The maximum atomic E-state index is 12.7. The van der Waals surface area contributed by atoms with Crippen LogP contribution in [0.3, 0.4) is 0 Å². The summed E-state index contributed by atoms with van der Waals surface area (Å²) in [5.41, 5.74) is -0.165. The number of hydrogen-bond donors (Lipinski definition) is 1. The van der Waals surface area contributed by atoms with Crippen molar-refractivity contribution in [2.75, 3.05) is 19.7 Å². The van der Waals surface area contributed by atoms with Gasteiger partial charge in [-0.05, 0) is 32.1 Å². The molecule has 1 aromatic heterocycles. The van der Waals surface area contributed by atoms with E-state index in [1.165, 1.54) is 0 Å². The Labute approximate surface area is 136 Å². The van der Waals surface area contributed by atoms with Gasteiger partial charge < -0.3 is 9.64 Å². The van der Waals surface area contributed by atoms with E-state index in [-0.39, 0.29) is 29.7 Å². The van der Waals surface area contributed by atoms with Gasteiger partial charge in [0.25, 0.3) is 0 Å². The van der Waals surface area contributed by atoms with Gasteiger partial charge in [0.05, 0.1) is 6.10 Å². The summed E-state index contributed by atoms with van der Waals surface area (Å²) in [4.78, 5) is 26.3. The molecule has 2 aliphatic heterocycles. The van der Waals surface area contributed by atoms with Crippen LogP contribution in [0.5, 0.6) is 0 Å². The number of likely N-dealkylation sites (tertiary alicyclic amines) is 1. The Kier molecular flexibility index (Phi) is 5.15. The van der Waals surface area contributed by atoms with E-state index in [4.69, 9.17) is 4.74 Å². The maximum Gasteiger partial charge on any atom is 0.343 e. The summed E-state index contributed by atoms with van der Waals surface area (Å²) in [6.07, 6.45) is 7.24. The standard InChI is InChI=1S/C16H26N4O3/c1-2-3-14-10-12(6-9-23-14)15(21)19-7-4-13(5-8-19)20-11-17-18-16(20)22/h11-14H,2-10H2,1H3,(H,18,22). The third-order valence-corrected chi connectivity index (χ3v) is 5.07. The van der Waals surface area contributed by atoms with Crippen molar-refractivity contribution < 1.29 is 9.53 Å². The van der Waals surface area contributed by atoms with Gasteiger partial charge in [-0.3, -0.25) is 9.36 Å². The van der Waals surface area contributed by atoms with E-state index < -0.39 is 0 Å². The number of piperidine rings is 1. The maximum absolute atomic E-state index is 12.7. The van der Waals surface area contributed by atoms with Gasteiger partial charge in [-0.15, -0.1) is 0 Å².